The molecule has 1 fully saturated rings. The maximum Gasteiger partial charge on any atom is 0.339 e. The fourth-order valence-corrected chi connectivity index (χ4v) is 3.65. The van der Waals surface area contributed by atoms with Gasteiger partial charge in [0.15, 0.2) is 12.4 Å². The maximum absolute atomic E-state index is 12.7. The highest BCUT2D eigenvalue weighted by Crippen LogP contribution is 2.29. The van der Waals surface area contributed by atoms with Crippen LogP contribution in [-0.4, -0.2) is 29.0 Å². The quantitative estimate of drug-likeness (QED) is 0.669. The van der Waals surface area contributed by atoms with Gasteiger partial charge in [0.05, 0.1) is 23.4 Å². The maximum atomic E-state index is 12.7. The average Bonchev–Trinajstić information content (AvgIpc) is 3.44. The number of hydrogen-bond acceptors (Lipinski definition) is 6. The lowest BCUT2D eigenvalue weighted by Crippen LogP contribution is -2.46. The number of carbonyl (C=O) groups excluding carboxylic acids is 2. The highest BCUT2D eigenvalue weighted by atomic mass is 16.5. The van der Waals surface area contributed by atoms with E-state index in [0.29, 0.717) is 40.8 Å². The molecule has 1 aromatic carbocycles. The molecule has 0 spiro atoms. The number of carbonyl (C=O) groups is 2. The molecule has 0 unspecified atom stereocenters. The number of aromatic nitrogens is 1. The number of benzene rings is 1. The zero-order valence-corrected chi connectivity index (χ0v) is 15.7. The Bertz CT molecular complexity index is 1090. The number of esters is 1. The lowest BCUT2D eigenvalue weighted by molar-refractivity contribution is -0.125. The molecule has 1 aliphatic carbocycles. The number of para-hydroxylation sites is 1. The van der Waals surface area contributed by atoms with E-state index >= 15 is 0 Å². The van der Waals surface area contributed by atoms with Crippen molar-refractivity contribution in [2.45, 2.75) is 31.2 Å². The van der Waals surface area contributed by atoms with Gasteiger partial charge in [-0.05, 0) is 49.9 Å². The standard InChI is InChI=1S/C22H19N3O4/c23-14-22(9-3-4-10-22)25-20(26)13-29-21(27)16-12-18(19-8-5-11-28-19)24-17-7-2-1-6-15(16)17/h1-2,5-8,11-12H,3-4,9-10,13H2,(H,25,26). The highest BCUT2D eigenvalue weighted by molar-refractivity contribution is 6.05. The lowest BCUT2D eigenvalue weighted by Gasteiger charge is -2.21. The van der Waals surface area contributed by atoms with Crippen LogP contribution in [0, 0.1) is 11.3 Å². The molecule has 1 aliphatic rings. The Balaban J connectivity index is 1.54. The molecule has 7 nitrogen and oxygen atoms in total. The van der Waals surface area contributed by atoms with Crippen LogP contribution in [-0.2, 0) is 9.53 Å². The van der Waals surface area contributed by atoms with Gasteiger partial charge in [0.1, 0.15) is 11.2 Å². The van der Waals surface area contributed by atoms with Crippen molar-refractivity contribution in [1.29, 1.82) is 5.26 Å². The summed E-state index contributed by atoms with van der Waals surface area (Å²) in [5, 5.41) is 12.7. The van der Waals surface area contributed by atoms with E-state index in [1.807, 2.05) is 6.07 Å². The molecular weight excluding hydrogens is 370 g/mol. The Hall–Kier alpha value is -3.66. The second-order valence-electron chi connectivity index (χ2n) is 7.07. The average molecular weight is 389 g/mol. The third-order valence-corrected chi connectivity index (χ3v) is 5.09. The van der Waals surface area contributed by atoms with E-state index in [1.54, 1.807) is 36.4 Å². The molecular formula is C22H19N3O4. The molecule has 0 aliphatic heterocycles. The van der Waals surface area contributed by atoms with E-state index in [-0.39, 0.29) is 0 Å². The van der Waals surface area contributed by atoms with Gasteiger partial charge in [-0.15, -0.1) is 0 Å². The summed E-state index contributed by atoms with van der Waals surface area (Å²) >= 11 is 0. The second kappa shape index (κ2) is 7.76. The molecule has 4 rings (SSSR count). The first-order chi connectivity index (χ1) is 14.1. The number of ether oxygens (including phenoxy) is 1. The fourth-order valence-electron chi connectivity index (χ4n) is 3.65. The summed E-state index contributed by atoms with van der Waals surface area (Å²) in [4.78, 5) is 29.5. The molecule has 1 saturated carbocycles. The first kappa shape index (κ1) is 18.7. The summed E-state index contributed by atoms with van der Waals surface area (Å²) in [5.41, 5.74) is 0.566. The number of fused-ring (bicyclic) bond motifs is 1. The minimum Gasteiger partial charge on any atom is -0.463 e. The molecule has 1 amide bonds. The van der Waals surface area contributed by atoms with Crippen molar-refractivity contribution in [3.8, 4) is 17.5 Å². The molecule has 0 bridgehead atoms. The summed E-state index contributed by atoms with van der Waals surface area (Å²) in [6, 6.07) is 14.5. The van der Waals surface area contributed by atoms with E-state index in [0.717, 1.165) is 12.8 Å². The van der Waals surface area contributed by atoms with Crippen molar-refractivity contribution in [1.82, 2.24) is 10.3 Å². The van der Waals surface area contributed by atoms with E-state index in [1.165, 1.54) is 6.26 Å². The molecule has 0 atom stereocenters. The van der Waals surface area contributed by atoms with Gasteiger partial charge in [-0.1, -0.05) is 18.2 Å². The van der Waals surface area contributed by atoms with Gasteiger partial charge in [0.25, 0.3) is 5.91 Å². The smallest absolute Gasteiger partial charge is 0.339 e. The third kappa shape index (κ3) is 3.83. The number of nitrogens with one attached hydrogen (secondary N) is 1. The van der Waals surface area contributed by atoms with Crippen molar-refractivity contribution in [2.24, 2.45) is 0 Å². The van der Waals surface area contributed by atoms with E-state index in [2.05, 4.69) is 16.4 Å². The van der Waals surface area contributed by atoms with Crippen molar-refractivity contribution >= 4 is 22.8 Å². The third-order valence-electron chi connectivity index (χ3n) is 5.09. The van der Waals surface area contributed by atoms with Crippen LogP contribution in [0.3, 0.4) is 0 Å². The van der Waals surface area contributed by atoms with Gasteiger partial charge in [0.2, 0.25) is 0 Å². The van der Waals surface area contributed by atoms with Gasteiger partial charge < -0.3 is 14.5 Å². The van der Waals surface area contributed by atoms with E-state index in [4.69, 9.17) is 9.15 Å². The second-order valence-corrected chi connectivity index (χ2v) is 7.07. The summed E-state index contributed by atoms with van der Waals surface area (Å²) in [5.74, 6) is -0.588. The van der Waals surface area contributed by atoms with E-state index < -0.39 is 24.0 Å². The normalized spacial score (nSPS) is 15.0. The van der Waals surface area contributed by atoms with Crippen molar-refractivity contribution in [2.75, 3.05) is 6.61 Å². The minimum absolute atomic E-state index is 0.297. The lowest BCUT2D eigenvalue weighted by atomic mass is 10.00. The van der Waals surface area contributed by atoms with Crippen LogP contribution in [0.15, 0.2) is 53.1 Å². The molecule has 2 heterocycles. The summed E-state index contributed by atoms with van der Waals surface area (Å²) in [6.07, 6.45) is 4.55. The number of furan rings is 1. The Morgan fingerprint density at radius 2 is 2.00 bits per heavy atom. The van der Waals surface area contributed by atoms with Crippen LogP contribution >= 0.6 is 0 Å². The Morgan fingerprint density at radius 3 is 2.72 bits per heavy atom. The van der Waals surface area contributed by atoms with Gasteiger partial charge in [0, 0.05) is 5.39 Å². The van der Waals surface area contributed by atoms with Gasteiger partial charge in [-0.2, -0.15) is 5.26 Å². The molecule has 2 aromatic heterocycles. The van der Waals surface area contributed by atoms with Gasteiger partial charge in [-0.25, -0.2) is 9.78 Å². The first-order valence-electron chi connectivity index (χ1n) is 9.43. The first-order valence-corrected chi connectivity index (χ1v) is 9.43. The monoisotopic (exact) mass is 389 g/mol. The summed E-state index contributed by atoms with van der Waals surface area (Å²) < 4.78 is 10.6. The minimum atomic E-state index is -0.848. The Labute approximate surface area is 167 Å². The molecule has 1 N–H and O–H groups in total. The molecule has 0 saturated heterocycles. The van der Waals surface area contributed by atoms with Crippen LogP contribution in [0.2, 0.25) is 0 Å². The molecule has 3 aromatic rings. The SMILES string of the molecule is N#CC1(NC(=O)COC(=O)c2cc(-c3ccco3)nc3ccccc23)CCCC1. The van der Waals surface area contributed by atoms with Gasteiger partial charge in [-0.3, -0.25) is 4.79 Å². The van der Waals surface area contributed by atoms with Crippen LogP contribution in [0.5, 0.6) is 0 Å². The van der Waals surface area contributed by atoms with Crippen molar-refractivity contribution < 1.29 is 18.7 Å². The van der Waals surface area contributed by atoms with Crippen molar-refractivity contribution in [3.05, 3.63) is 54.3 Å². The number of pyridine rings is 1. The highest BCUT2D eigenvalue weighted by Gasteiger charge is 2.35. The van der Waals surface area contributed by atoms with Crippen LogP contribution in [0.4, 0.5) is 0 Å². The Kier molecular flexibility index (Phi) is 5.00. The van der Waals surface area contributed by atoms with Crippen LogP contribution < -0.4 is 5.32 Å². The number of hydrogen-bond donors (Lipinski definition) is 1. The number of nitrogens with zero attached hydrogens (tertiary/aromatic N) is 2. The number of rotatable bonds is 5. The number of nitriles is 1. The number of amides is 1. The van der Waals surface area contributed by atoms with Crippen molar-refractivity contribution in [3.63, 3.8) is 0 Å². The molecule has 0 radical (unpaired) electrons. The predicted molar refractivity (Wildman–Crippen MR) is 105 cm³/mol. The van der Waals surface area contributed by atoms with E-state index in [9.17, 15) is 14.9 Å². The summed E-state index contributed by atoms with van der Waals surface area (Å²) in [7, 11) is 0. The zero-order chi connectivity index (χ0) is 20.3. The zero-order valence-electron chi connectivity index (χ0n) is 15.7. The fraction of sp³-hybridized carbons (Fsp3) is 0.273. The largest absolute Gasteiger partial charge is 0.463 e. The molecule has 7 heteroatoms. The molecule has 146 valence electrons. The Morgan fingerprint density at radius 1 is 1.21 bits per heavy atom. The van der Waals surface area contributed by atoms with Crippen LogP contribution in [0.1, 0.15) is 36.0 Å². The van der Waals surface area contributed by atoms with Crippen LogP contribution in [0.25, 0.3) is 22.4 Å². The molecule has 29 heavy (non-hydrogen) atoms. The summed E-state index contributed by atoms with van der Waals surface area (Å²) in [6.45, 7) is -0.449. The topological polar surface area (TPSA) is 105 Å². The van der Waals surface area contributed by atoms with Gasteiger partial charge >= 0.3 is 5.97 Å². The predicted octanol–water partition coefficient (Wildman–Crippen LogP) is 3.60.